The van der Waals surface area contributed by atoms with E-state index >= 15 is 0 Å². The van der Waals surface area contributed by atoms with Gasteiger partial charge >= 0.3 is 11.9 Å². The molecule has 0 saturated heterocycles. The molecule has 118 valence electrons. The topological polar surface area (TPSA) is 105 Å². The summed E-state index contributed by atoms with van der Waals surface area (Å²) in [6, 6.07) is 1.72. The van der Waals surface area contributed by atoms with E-state index in [1.807, 2.05) is 0 Å². The van der Waals surface area contributed by atoms with Crippen LogP contribution < -0.4 is 5.73 Å². The van der Waals surface area contributed by atoms with Gasteiger partial charge in [0.25, 0.3) is 0 Å². The summed E-state index contributed by atoms with van der Waals surface area (Å²) in [4.78, 5) is 27.8. The van der Waals surface area contributed by atoms with E-state index in [-0.39, 0.29) is 36.2 Å². The lowest BCUT2D eigenvalue weighted by Crippen LogP contribution is -2.09. The monoisotopic (exact) mass is 306 g/mol. The zero-order valence-electron chi connectivity index (χ0n) is 12.8. The number of furan rings is 1. The van der Waals surface area contributed by atoms with Gasteiger partial charge in [-0.25, -0.2) is 9.78 Å². The second-order valence-corrected chi connectivity index (χ2v) is 4.65. The van der Waals surface area contributed by atoms with E-state index in [9.17, 15) is 9.59 Å². The highest BCUT2D eigenvalue weighted by Gasteiger charge is 2.23. The molecular weight excluding hydrogens is 288 g/mol. The van der Waals surface area contributed by atoms with Crippen molar-refractivity contribution >= 4 is 28.7 Å². The number of fused-ring (bicyclic) bond motifs is 1. The summed E-state index contributed by atoms with van der Waals surface area (Å²) in [5.74, 6) is -1.13. The Morgan fingerprint density at radius 1 is 1.27 bits per heavy atom. The van der Waals surface area contributed by atoms with Crippen molar-refractivity contribution in [3.05, 3.63) is 23.1 Å². The number of carbonyl (C=O) groups excluding carboxylic acids is 2. The molecule has 0 aliphatic rings. The minimum atomic E-state index is -0.655. The van der Waals surface area contributed by atoms with Gasteiger partial charge in [0.2, 0.25) is 11.5 Å². The third kappa shape index (κ3) is 3.03. The summed E-state index contributed by atoms with van der Waals surface area (Å²) < 4.78 is 15.3. The van der Waals surface area contributed by atoms with Crippen LogP contribution in [-0.4, -0.2) is 30.1 Å². The molecule has 0 aliphatic carbocycles. The van der Waals surface area contributed by atoms with Crippen molar-refractivity contribution in [1.82, 2.24) is 4.98 Å². The van der Waals surface area contributed by atoms with Crippen LogP contribution in [0.25, 0.3) is 11.1 Å². The van der Waals surface area contributed by atoms with E-state index in [0.717, 1.165) is 0 Å². The first-order valence-electron chi connectivity index (χ1n) is 6.99. The molecule has 22 heavy (non-hydrogen) atoms. The van der Waals surface area contributed by atoms with Crippen molar-refractivity contribution in [2.45, 2.75) is 27.2 Å². The van der Waals surface area contributed by atoms with E-state index in [2.05, 4.69) is 4.98 Å². The zero-order chi connectivity index (χ0) is 16.3. The predicted octanol–water partition coefficient (Wildman–Crippen LogP) is 2.00. The van der Waals surface area contributed by atoms with Crippen LogP contribution in [0.1, 0.15) is 35.7 Å². The summed E-state index contributed by atoms with van der Waals surface area (Å²) in [6.07, 6.45) is 0.0275. The Labute approximate surface area is 127 Å². The van der Waals surface area contributed by atoms with Crippen LogP contribution in [0.4, 0.5) is 5.69 Å². The van der Waals surface area contributed by atoms with E-state index in [1.54, 1.807) is 26.8 Å². The van der Waals surface area contributed by atoms with Gasteiger partial charge in [0.15, 0.2) is 0 Å². The fourth-order valence-electron chi connectivity index (χ4n) is 2.19. The predicted molar refractivity (Wildman–Crippen MR) is 79.5 cm³/mol. The number of aromatic nitrogens is 1. The maximum Gasteiger partial charge on any atom is 0.376 e. The molecular formula is C15H18N2O5. The van der Waals surface area contributed by atoms with Crippen LogP contribution in [0.3, 0.4) is 0 Å². The molecule has 0 spiro atoms. The first kappa shape index (κ1) is 15.8. The second kappa shape index (κ2) is 6.46. The molecule has 0 saturated carbocycles. The Bertz CT molecular complexity index is 720. The summed E-state index contributed by atoms with van der Waals surface area (Å²) in [5.41, 5.74) is 7.58. The Morgan fingerprint density at radius 2 is 1.95 bits per heavy atom. The molecule has 2 heterocycles. The van der Waals surface area contributed by atoms with Crippen molar-refractivity contribution in [2.75, 3.05) is 18.9 Å². The van der Waals surface area contributed by atoms with Crippen LogP contribution in [0.5, 0.6) is 0 Å². The minimum absolute atomic E-state index is 0.0275. The van der Waals surface area contributed by atoms with Crippen LogP contribution in [0.2, 0.25) is 0 Å². The van der Waals surface area contributed by atoms with Gasteiger partial charge in [-0.15, -0.1) is 0 Å². The number of nitrogen functional groups attached to an aromatic ring is 1. The Kier molecular flexibility index (Phi) is 4.65. The van der Waals surface area contributed by atoms with Crippen LogP contribution >= 0.6 is 0 Å². The highest BCUT2D eigenvalue weighted by molar-refractivity contribution is 6.04. The first-order valence-corrected chi connectivity index (χ1v) is 6.99. The van der Waals surface area contributed by atoms with Gasteiger partial charge < -0.3 is 19.6 Å². The molecule has 0 aliphatic heterocycles. The van der Waals surface area contributed by atoms with Crippen molar-refractivity contribution in [3.63, 3.8) is 0 Å². The van der Waals surface area contributed by atoms with E-state index in [1.165, 1.54) is 0 Å². The van der Waals surface area contributed by atoms with Crippen LogP contribution in [-0.2, 0) is 20.7 Å². The number of pyridine rings is 1. The van der Waals surface area contributed by atoms with Gasteiger partial charge in [-0.1, -0.05) is 0 Å². The molecule has 0 bridgehead atoms. The molecule has 0 fully saturated rings. The average molecular weight is 306 g/mol. The third-order valence-electron chi connectivity index (χ3n) is 3.01. The Balaban J connectivity index is 2.52. The average Bonchev–Trinajstić information content (AvgIpc) is 2.76. The lowest BCUT2D eigenvalue weighted by molar-refractivity contribution is -0.142. The maximum absolute atomic E-state index is 11.8. The number of anilines is 1. The highest BCUT2D eigenvalue weighted by Crippen LogP contribution is 2.31. The largest absolute Gasteiger partial charge is 0.466 e. The number of esters is 2. The normalized spacial score (nSPS) is 10.7. The van der Waals surface area contributed by atoms with Gasteiger partial charge in [0.05, 0.1) is 30.7 Å². The molecule has 0 atom stereocenters. The molecule has 0 amide bonds. The molecule has 0 radical (unpaired) electrons. The number of carbonyl (C=O) groups is 2. The Hall–Kier alpha value is -2.57. The van der Waals surface area contributed by atoms with Gasteiger partial charge in [-0.05, 0) is 32.4 Å². The van der Waals surface area contributed by atoms with Crippen LogP contribution in [0.15, 0.2) is 10.5 Å². The van der Waals surface area contributed by atoms with E-state index in [0.29, 0.717) is 23.3 Å². The van der Waals surface area contributed by atoms with E-state index < -0.39 is 5.97 Å². The number of hydrogen-bond donors (Lipinski definition) is 1. The minimum Gasteiger partial charge on any atom is -0.466 e. The molecule has 0 unspecified atom stereocenters. The zero-order valence-corrected chi connectivity index (χ0v) is 12.8. The van der Waals surface area contributed by atoms with Crippen molar-refractivity contribution in [3.8, 4) is 0 Å². The number of rotatable bonds is 5. The lowest BCUT2D eigenvalue weighted by Gasteiger charge is -2.05. The molecule has 7 nitrogen and oxygen atoms in total. The molecule has 2 rings (SSSR count). The number of aryl methyl sites for hydroxylation is 1. The standard InChI is InChI=1S/C15H18N2O5/c1-4-20-10(18)7-9-6-8(3)17-14-11(9)12(16)13(22-14)15(19)21-5-2/h6H,4-5,7,16H2,1-3H3. The van der Waals surface area contributed by atoms with Crippen molar-refractivity contribution in [1.29, 1.82) is 0 Å². The fraction of sp³-hybridized carbons (Fsp3) is 0.400. The second-order valence-electron chi connectivity index (χ2n) is 4.65. The Morgan fingerprint density at radius 3 is 2.59 bits per heavy atom. The number of ether oxygens (including phenoxy) is 2. The van der Waals surface area contributed by atoms with Gasteiger partial charge in [-0.2, -0.15) is 0 Å². The highest BCUT2D eigenvalue weighted by atomic mass is 16.5. The quantitative estimate of drug-likeness (QED) is 0.842. The van der Waals surface area contributed by atoms with Crippen molar-refractivity contribution < 1.29 is 23.5 Å². The summed E-state index contributed by atoms with van der Waals surface area (Å²) in [7, 11) is 0. The number of hydrogen-bond acceptors (Lipinski definition) is 7. The van der Waals surface area contributed by atoms with Crippen LogP contribution in [0, 0.1) is 6.92 Å². The third-order valence-corrected chi connectivity index (χ3v) is 3.01. The van der Waals surface area contributed by atoms with Gasteiger partial charge in [0.1, 0.15) is 0 Å². The molecule has 2 aromatic heterocycles. The van der Waals surface area contributed by atoms with E-state index in [4.69, 9.17) is 19.6 Å². The summed E-state index contributed by atoms with van der Waals surface area (Å²) >= 11 is 0. The lowest BCUT2D eigenvalue weighted by atomic mass is 10.1. The molecule has 2 aromatic rings. The first-order chi connectivity index (χ1) is 10.5. The smallest absolute Gasteiger partial charge is 0.376 e. The molecule has 2 N–H and O–H groups in total. The molecule has 0 aromatic carbocycles. The van der Waals surface area contributed by atoms with Gasteiger partial charge in [0, 0.05) is 5.69 Å². The maximum atomic E-state index is 11.8. The summed E-state index contributed by atoms with van der Waals surface area (Å²) in [6.45, 7) is 5.68. The summed E-state index contributed by atoms with van der Waals surface area (Å²) in [5, 5.41) is 0.446. The number of nitrogens with two attached hydrogens (primary N) is 1. The molecule has 7 heteroatoms. The SMILES string of the molecule is CCOC(=O)Cc1cc(C)nc2oc(C(=O)OCC)c(N)c12. The van der Waals surface area contributed by atoms with Crippen molar-refractivity contribution in [2.24, 2.45) is 0 Å². The van der Waals surface area contributed by atoms with Gasteiger partial charge in [-0.3, -0.25) is 4.79 Å². The number of nitrogens with zero attached hydrogens (tertiary/aromatic N) is 1. The fourth-order valence-corrected chi connectivity index (χ4v) is 2.19.